The molecule has 2 nitrogen and oxygen atoms in total. The fraction of sp³-hybridized carbons (Fsp3) is 0.611. The van der Waals surface area contributed by atoms with Crippen LogP contribution in [0.4, 0.5) is 5.69 Å². The number of para-hydroxylation sites is 1. The number of benzene rings is 1. The minimum absolute atomic E-state index is 0. The van der Waals surface area contributed by atoms with E-state index in [0.29, 0.717) is 0 Å². The van der Waals surface area contributed by atoms with Crippen LogP contribution in [0, 0.1) is 0 Å². The van der Waals surface area contributed by atoms with Crippen LogP contribution in [0.2, 0.25) is 0 Å². The molecule has 22 heavy (non-hydrogen) atoms. The molecule has 2 rings (SSSR count). The Morgan fingerprint density at radius 1 is 1.00 bits per heavy atom. The lowest BCUT2D eigenvalue weighted by atomic mass is 9.82. The Labute approximate surface area is 148 Å². The number of unbranched alkanes of at least 4 members (excludes halogenated alkanes) is 1. The summed E-state index contributed by atoms with van der Waals surface area (Å²) in [6.45, 7) is 9.37. The third kappa shape index (κ3) is 4.47. The van der Waals surface area contributed by atoms with E-state index in [1.54, 1.807) is 0 Å². The van der Waals surface area contributed by atoms with Gasteiger partial charge in [0.15, 0.2) is 5.71 Å². The molecule has 0 bridgehead atoms. The number of hydrogen-bond acceptors (Lipinski definition) is 0. The Morgan fingerprint density at radius 3 is 2.18 bits per heavy atom. The first-order valence-electron chi connectivity index (χ1n) is 7.75. The molecule has 1 aliphatic heterocycles. The molecular formula is C18H30Cl2N2. The van der Waals surface area contributed by atoms with Crippen LogP contribution in [0.5, 0.6) is 0 Å². The smallest absolute Gasteiger partial charge is 0.209 e. The van der Waals surface area contributed by atoms with E-state index in [9.17, 15) is 0 Å². The molecule has 0 unspecified atom stereocenters. The summed E-state index contributed by atoms with van der Waals surface area (Å²) in [4.78, 5) is 0. The molecule has 0 aromatic heterocycles. The van der Waals surface area contributed by atoms with E-state index in [0.717, 1.165) is 11.0 Å². The van der Waals surface area contributed by atoms with Gasteiger partial charge in [-0.1, -0.05) is 18.2 Å². The van der Waals surface area contributed by atoms with Crippen molar-refractivity contribution >= 4 is 11.4 Å². The molecule has 126 valence electrons. The average Bonchev–Trinajstić information content (AvgIpc) is 2.54. The zero-order chi connectivity index (χ0) is 15.0. The summed E-state index contributed by atoms with van der Waals surface area (Å²) in [5.41, 5.74) is 4.56. The highest BCUT2D eigenvalue weighted by atomic mass is 35.5. The largest absolute Gasteiger partial charge is 1.00 e. The highest BCUT2D eigenvalue weighted by Gasteiger charge is 2.42. The third-order valence-corrected chi connectivity index (χ3v) is 4.64. The molecule has 0 atom stereocenters. The van der Waals surface area contributed by atoms with Crippen LogP contribution in [-0.2, 0) is 5.41 Å². The molecule has 1 aromatic carbocycles. The topological polar surface area (TPSA) is 3.01 Å². The maximum absolute atomic E-state index is 2.53. The zero-order valence-corrected chi connectivity index (χ0v) is 16.3. The quantitative estimate of drug-likeness (QED) is 0.317. The van der Waals surface area contributed by atoms with Crippen LogP contribution in [0.15, 0.2) is 24.3 Å². The molecule has 1 heterocycles. The van der Waals surface area contributed by atoms with Crippen molar-refractivity contribution in [1.82, 2.24) is 0 Å². The first kappa shape index (κ1) is 21.4. The van der Waals surface area contributed by atoms with Crippen molar-refractivity contribution in [3.8, 4) is 0 Å². The van der Waals surface area contributed by atoms with Gasteiger partial charge in [-0.2, -0.15) is 4.58 Å². The van der Waals surface area contributed by atoms with E-state index in [4.69, 9.17) is 0 Å². The standard InChI is InChI=1S/C18H30N2.2ClH/c1-15-18(2,3)16-11-7-8-12-17(16)19(15)13-9-10-14-20(4,5)6;;/h7-8,11-12H,9-10,13-14H2,1-6H3;2*1H/q+2;;/p-2. The van der Waals surface area contributed by atoms with Crippen molar-refractivity contribution in [2.45, 2.75) is 39.0 Å². The van der Waals surface area contributed by atoms with Gasteiger partial charge in [0.05, 0.1) is 33.1 Å². The van der Waals surface area contributed by atoms with E-state index in [-0.39, 0.29) is 30.2 Å². The molecule has 0 radical (unpaired) electrons. The van der Waals surface area contributed by atoms with E-state index in [1.165, 1.54) is 36.3 Å². The third-order valence-electron chi connectivity index (χ3n) is 4.64. The number of hydrogen-bond donors (Lipinski definition) is 0. The van der Waals surface area contributed by atoms with Crippen LogP contribution in [0.3, 0.4) is 0 Å². The highest BCUT2D eigenvalue weighted by Crippen LogP contribution is 2.39. The minimum atomic E-state index is 0. The van der Waals surface area contributed by atoms with Crippen molar-refractivity contribution in [3.63, 3.8) is 0 Å². The molecule has 1 aliphatic rings. The second kappa shape index (κ2) is 7.81. The normalized spacial score (nSPS) is 15.9. The molecule has 0 fully saturated rings. The molecule has 4 heteroatoms. The Morgan fingerprint density at radius 2 is 1.59 bits per heavy atom. The van der Waals surface area contributed by atoms with Gasteiger partial charge in [0, 0.05) is 31.4 Å². The summed E-state index contributed by atoms with van der Waals surface area (Å²) in [6, 6.07) is 8.87. The maximum Gasteiger partial charge on any atom is 0.209 e. The molecule has 0 amide bonds. The lowest BCUT2D eigenvalue weighted by Gasteiger charge is -2.23. The molecule has 0 saturated heterocycles. The van der Waals surface area contributed by atoms with Gasteiger partial charge in [0.1, 0.15) is 6.54 Å². The molecule has 0 saturated carbocycles. The number of halogens is 2. The Hall–Kier alpha value is -0.570. The molecular weight excluding hydrogens is 315 g/mol. The predicted molar refractivity (Wildman–Crippen MR) is 87.1 cm³/mol. The van der Waals surface area contributed by atoms with E-state index >= 15 is 0 Å². The van der Waals surface area contributed by atoms with Gasteiger partial charge in [0.2, 0.25) is 5.69 Å². The molecule has 0 aliphatic carbocycles. The first-order chi connectivity index (χ1) is 9.23. The highest BCUT2D eigenvalue weighted by molar-refractivity contribution is 5.93. The SMILES string of the molecule is CC1=[N+](CCCC[N+](C)(C)C)c2ccccc2C1(C)C.[Cl-].[Cl-]. The van der Waals surface area contributed by atoms with Crippen LogP contribution in [0.25, 0.3) is 0 Å². The maximum atomic E-state index is 2.53. The summed E-state index contributed by atoms with van der Waals surface area (Å²) in [7, 11) is 6.81. The van der Waals surface area contributed by atoms with Crippen LogP contribution in [0.1, 0.15) is 39.2 Å². The van der Waals surface area contributed by atoms with Crippen molar-refractivity contribution in [2.75, 3.05) is 34.2 Å². The van der Waals surface area contributed by atoms with Gasteiger partial charge < -0.3 is 29.3 Å². The fourth-order valence-corrected chi connectivity index (χ4v) is 3.09. The predicted octanol–water partition coefficient (Wildman–Crippen LogP) is -2.42. The lowest BCUT2D eigenvalue weighted by Crippen LogP contribution is -3.00. The second-order valence-corrected chi connectivity index (χ2v) is 7.60. The van der Waals surface area contributed by atoms with Crippen LogP contribution in [-0.4, -0.2) is 49.0 Å². The number of fused-ring (bicyclic) bond motifs is 1. The molecule has 0 spiro atoms. The first-order valence-corrected chi connectivity index (χ1v) is 7.75. The monoisotopic (exact) mass is 344 g/mol. The summed E-state index contributed by atoms with van der Waals surface area (Å²) >= 11 is 0. The summed E-state index contributed by atoms with van der Waals surface area (Å²) in [6.07, 6.45) is 2.55. The zero-order valence-electron chi connectivity index (χ0n) is 14.8. The number of nitrogens with zero attached hydrogens (tertiary/aromatic N) is 2. The van der Waals surface area contributed by atoms with Crippen molar-refractivity contribution in [2.24, 2.45) is 0 Å². The molecule has 0 N–H and O–H groups in total. The van der Waals surface area contributed by atoms with Gasteiger partial charge >= 0.3 is 0 Å². The minimum Gasteiger partial charge on any atom is -1.00 e. The van der Waals surface area contributed by atoms with Crippen LogP contribution >= 0.6 is 0 Å². The Kier molecular flexibility index (Phi) is 7.61. The Balaban J connectivity index is 0.00000220. The van der Waals surface area contributed by atoms with Gasteiger partial charge in [-0.15, -0.1) is 0 Å². The van der Waals surface area contributed by atoms with E-state index in [2.05, 4.69) is 70.8 Å². The second-order valence-electron chi connectivity index (χ2n) is 7.60. The van der Waals surface area contributed by atoms with Gasteiger partial charge in [0.25, 0.3) is 0 Å². The Bertz CT molecular complexity index is 528. The van der Waals surface area contributed by atoms with E-state index in [1.807, 2.05) is 0 Å². The van der Waals surface area contributed by atoms with Crippen molar-refractivity contribution < 1.29 is 33.9 Å². The van der Waals surface area contributed by atoms with Crippen molar-refractivity contribution in [3.05, 3.63) is 29.8 Å². The number of quaternary nitrogens is 1. The summed E-state index contributed by atoms with van der Waals surface area (Å²) in [5, 5.41) is 0. The fourth-order valence-electron chi connectivity index (χ4n) is 3.09. The average molecular weight is 345 g/mol. The van der Waals surface area contributed by atoms with Gasteiger partial charge in [-0.3, -0.25) is 0 Å². The van der Waals surface area contributed by atoms with E-state index < -0.39 is 0 Å². The summed E-state index contributed by atoms with van der Waals surface area (Å²) < 4.78 is 3.59. The van der Waals surface area contributed by atoms with Gasteiger partial charge in [-0.25, -0.2) is 0 Å². The molecule has 1 aromatic rings. The van der Waals surface area contributed by atoms with Crippen molar-refractivity contribution in [1.29, 1.82) is 0 Å². The lowest BCUT2D eigenvalue weighted by molar-refractivity contribution is -0.870. The van der Waals surface area contributed by atoms with Gasteiger partial charge in [-0.05, 0) is 13.8 Å². The number of rotatable bonds is 5. The summed E-state index contributed by atoms with van der Waals surface area (Å²) in [5.74, 6) is 0. The van der Waals surface area contributed by atoms with Crippen LogP contribution < -0.4 is 24.8 Å².